The smallest absolute Gasteiger partial charge is 0.260 e. The van der Waals surface area contributed by atoms with E-state index in [1.165, 1.54) is 37.6 Å². The number of amides is 1. The molecular weight excluding hydrogens is 420 g/mol. The van der Waals surface area contributed by atoms with Gasteiger partial charge < -0.3 is 14.4 Å². The van der Waals surface area contributed by atoms with Crippen LogP contribution in [-0.2, 0) is 16.4 Å². The summed E-state index contributed by atoms with van der Waals surface area (Å²) in [4.78, 5) is 27.5. The van der Waals surface area contributed by atoms with Crippen LogP contribution in [0.1, 0.15) is 21.6 Å². The van der Waals surface area contributed by atoms with Gasteiger partial charge in [0.25, 0.3) is 11.8 Å². The topological polar surface area (TPSA) is 112 Å². The number of methoxy groups -OCH3 is 2. The van der Waals surface area contributed by atoms with Gasteiger partial charge in [-0.15, -0.1) is 0 Å². The number of aryl methyl sites for hydroxylation is 1. The standard InChI is InChI=1S/C21H20N4O5S/c1-12-5-16(13-6-18(29-2)20(30-3)23-8-13)24-17-11-25(21(26)19(12)17)14-7-15(10-22-9-14)31(4,27)28/h5-10H,11H2,1-4H3. The molecule has 4 heterocycles. The minimum Gasteiger partial charge on any atom is -0.491 e. The van der Waals surface area contributed by atoms with Crippen molar-refractivity contribution >= 4 is 21.4 Å². The van der Waals surface area contributed by atoms with Crippen molar-refractivity contribution < 1.29 is 22.7 Å². The summed E-state index contributed by atoms with van der Waals surface area (Å²) in [6, 6.07) is 5.03. The van der Waals surface area contributed by atoms with Gasteiger partial charge in [0.1, 0.15) is 0 Å². The van der Waals surface area contributed by atoms with Crippen LogP contribution < -0.4 is 14.4 Å². The lowest BCUT2D eigenvalue weighted by Crippen LogP contribution is -2.23. The van der Waals surface area contributed by atoms with E-state index in [0.717, 1.165) is 17.4 Å². The summed E-state index contributed by atoms with van der Waals surface area (Å²) in [5.74, 6) is 0.592. The molecule has 0 bridgehead atoms. The molecule has 0 radical (unpaired) electrons. The van der Waals surface area contributed by atoms with E-state index < -0.39 is 9.84 Å². The van der Waals surface area contributed by atoms with Crippen LogP contribution in [0.2, 0.25) is 0 Å². The molecule has 0 saturated carbocycles. The number of pyridine rings is 3. The molecule has 0 atom stereocenters. The molecule has 160 valence electrons. The van der Waals surface area contributed by atoms with E-state index in [2.05, 4.69) is 15.0 Å². The lowest BCUT2D eigenvalue weighted by atomic mass is 10.1. The van der Waals surface area contributed by atoms with Gasteiger partial charge in [-0.3, -0.25) is 14.8 Å². The average Bonchev–Trinajstić information content (AvgIpc) is 3.09. The summed E-state index contributed by atoms with van der Waals surface area (Å²) in [5, 5.41) is 0. The zero-order chi connectivity index (χ0) is 22.3. The van der Waals surface area contributed by atoms with Crippen molar-refractivity contribution in [2.45, 2.75) is 18.4 Å². The number of carbonyl (C=O) groups excluding carboxylic acids is 1. The van der Waals surface area contributed by atoms with Crippen LogP contribution in [0.3, 0.4) is 0 Å². The minimum atomic E-state index is -3.45. The first-order valence-corrected chi connectivity index (χ1v) is 11.2. The molecule has 1 aliphatic rings. The number of hydrogen-bond acceptors (Lipinski definition) is 8. The number of ether oxygens (including phenoxy) is 2. The molecule has 9 nitrogen and oxygen atoms in total. The molecule has 4 rings (SSSR count). The SMILES string of the molecule is COc1cc(-c2cc(C)c3c(n2)CN(c2cncc(S(C)(=O)=O)c2)C3=O)cnc1OC. The van der Waals surface area contributed by atoms with Crippen molar-refractivity contribution in [3.63, 3.8) is 0 Å². The largest absolute Gasteiger partial charge is 0.491 e. The fraction of sp³-hybridized carbons (Fsp3) is 0.238. The third-order valence-corrected chi connectivity index (χ3v) is 6.10. The summed E-state index contributed by atoms with van der Waals surface area (Å²) < 4.78 is 34.2. The Kier molecular flexibility index (Phi) is 5.10. The summed E-state index contributed by atoms with van der Waals surface area (Å²) in [6.07, 6.45) is 5.46. The fourth-order valence-corrected chi connectivity index (χ4v) is 4.07. The highest BCUT2D eigenvalue weighted by molar-refractivity contribution is 7.90. The van der Waals surface area contributed by atoms with Crippen LogP contribution in [0.25, 0.3) is 11.3 Å². The van der Waals surface area contributed by atoms with Gasteiger partial charge in [-0.05, 0) is 30.7 Å². The molecule has 0 N–H and O–H groups in total. The Morgan fingerprint density at radius 1 is 1.06 bits per heavy atom. The van der Waals surface area contributed by atoms with Gasteiger partial charge in [0.2, 0.25) is 0 Å². The van der Waals surface area contributed by atoms with E-state index in [1.807, 2.05) is 13.0 Å². The summed E-state index contributed by atoms with van der Waals surface area (Å²) in [7, 11) is -0.410. The van der Waals surface area contributed by atoms with Gasteiger partial charge in [-0.1, -0.05) is 0 Å². The van der Waals surface area contributed by atoms with Crippen LogP contribution in [0.15, 0.2) is 41.7 Å². The number of fused-ring (bicyclic) bond motifs is 1. The van der Waals surface area contributed by atoms with Crippen molar-refractivity contribution in [3.8, 4) is 22.9 Å². The Morgan fingerprint density at radius 2 is 1.84 bits per heavy atom. The maximum atomic E-state index is 13.1. The molecule has 31 heavy (non-hydrogen) atoms. The summed E-state index contributed by atoms with van der Waals surface area (Å²) in [6.45, 7) is 2.04. The Balaban J connectivity index is 1.74. The molecular formula is C21H20N4O5S. The number of nitrogens with zero attached hydrogens (tertiary/aromatic N) is 4. The number of aromatic nitrogens is 3. The first-order valence-electron chi connectivity index (χ1n) is 9.29. The third-order valence-electron chi connectivity index (χ3n) is 5.02. The molecule has 10 heteroatoms. The van der Waals surface area contributed by atoms with Crippen molar-refractivity contribution in [1.29, 1.82) is 0 Å². The lowest BCUT2D eigenvalue weighted by Gasteiger charge is -2.15. The van der Waals surface area contributed by atoms with Gasteiger partial charge in [0.15, 0.2) is 15.6 Å². The number of rotatable bonds is 5. The summed E-state index contributed by atoms with van der Waals surface area (Å²) >= 11 is 0. The van der Waals surface area contributed by atoms with Crippen LogP contribution in [-0.4, -0.2) is 49.8 Å². The van der Waals surface area contributed by atoms with Crippen LogP contribution in [0, 0.1) is 6.92 Å². The predicted molar refractivity (Wildman–Crippen MR) is 113 cm³/mol. The maximum Gasteiger partial charge on any atom is 0.260 e. The van der Waals surface area contributed by atoms with E-state index in [4.69, 9.17) is 9.47 Å². The number of sulfone groups is 1. The van der Waals surface area contributed by atoms with E-state index in [-0.39, 0.29) is 17.3 Å². The van der Waals surface area contributed by atoms with E-state index >= 15 is 0 Å². The Hall–Kier alpha value is -3.53. The van der Waals surface area contributed by atoms with Gasteiger partial charge in [0, 0.05) is 24.2 Å². The molecule has 1 amide bonds. The van der Waals surface area contributed by atoms with Crippen molar-refractivity contribution in [1.82, 2.24) is 15.0 Å². The van der Waals surface area contributed by atoms with E-state index in [9.17, 15) is 13.2 Å². The molecule has 3 aromatic rings. The molecule has 0 spiro atoms. The lowest BCUT2D eigenvalue weighted by molar-refractivity contribution is 0.0996. The fourth-order valence-electron chi connectivity index (χ4n) is 3.49. The highest BCUT2D eigenvalue weighted by atomic mass is 32.2. The number of anilines is 1. The van der Waals surface area contributed by atoms with Crippen molar-refractivity contribution in [2.24, 2.45) is 0 Å². The first kappa shape index (κ1) is 20.7. The van der Waals surface area contributed by atoms with Crippen LogP contribution >= 0.6 is 0 Å². The highest BCUT2D eigenvalue weighted by Gasteiger charge is 2.32. The third kappa shape index (κ3) is 3.70. The number of hydrogen-bond donors (Lipinski definition) is 0. The van der Waals surface area contributed by atoms with E-state index in [1.54, 1.807) is 12.3 Å². The Labute approximate surface area is 179 Å². The second kappa shape index (κ2) is 7.62. The number of carbonyl (C=O) groups is 1. The Bertz CT molecular complexity index is 1310. The molecule has 0 aliphatic carbocycles. The monoisotopic (exact) mass is 440 g/mol. The Morgan fingerprint density at radius 3 is 2.52 bits per heavy atom. The zero-order valence-corrected chi connectivity index (χ0v) is 18.2. The van der Waals surface area contributed by atoms with Gasteiger partial charge in [-0.25, -0.2) is 13.4 Å². The molecule has 0 fully saturated rings. The minimum absolute atomic E-state index is 0.0514. The maximum absolute atomic E-state index is 13.1. The van der Waals surface area contributed by atoms with Gasteiger partial charge >= 0.3 is 0 Å². The van der Waals surface area contributed by atoms with Gasteiger partial charge in [0.05, 0.1) is 54.5 Å². The van der Waals surface area contributed by atoms with E-state index in [0.29, 0.717) is 34.3 Å². The van der Waals surface area contributed by atoms with Crippen LogP contribution in [0.5, 0.6) is 11.6 Å². The normalized spacial score (nSPS) is 13.3. The van der Waals surface area contributed by atoms with Crippen molar-refractivity contribution in [3.05, 3.63) is 53.6 Å². The quantitative estimate of drug-likeness (QED) is 0.595. The molecule has 0 unspecified atom stereocenters. The van der Waals surface area contributed by atoms with Crippen molar-refractivity contribution in [2.75, 3.05) is 25.4 Å². The highest BCUT2D eigenvalue weighted by Crippen LogP contribution is 2.34. The summed E-state index contributed by atoms with van der Waals surface area (Å²) in [5.41, 5.74) is 3.62. The molecule has 0 aromatic carbocycles. The second-order valence-corrected chi connectivity index (χ2v) is 9.14. The zero-order valence-electron chi connectivity index (χ0n) is 17.4. The van der Waals surface area contributed by atoms with Crippen LogP contribution in [0.4, 0.5) is 5.69 Å². The predicted octanol–water partition coefficient (Wildman–Crippen LogP) is 2.43. The molecule has 1 aliphatic heterocycles. The first-order chi connectivity index (χ1) is 14.7. The average molecular weight is 440 g/mol. The second-order valence-electron chi connectivity index (χ2n) is 7.12. The molecule has 3 aromatic heterocycles. The van der Waals surface area contributed by atoms with Gasteiger partial charge in [-0.2, -0.15) is 0 Å². The molecule has 0 saturated heterocycles.